The van der Waals surface area contributed by atoms with E-state index in [1.54, 1.807) is 18.7 Å². The molecule has 5 heteroatoms. The van der Waals surface area contributed by atoms with E-state index in [1.165, 1.54) is 5.56 Å². The van der Waals surface area contributed by atoms with Crippen molar-refractivity contribution in [1.82, 2.24) is 19.5 Å². The van der Waals surface area contributed by atoms with E-state index in [0.29, 0.717) is 0 Å². The molecule has 0 aliphatic carbocycles. The monoisotopic (exact) mass is 315 g/mol. The van der Waals surface area contributed by atoms with E-state index >= 15 is 0 Å². The van der Waals surface area contributed by atoms with Crippen LogP contribution in [0.3, 0.4) is 0 Å². The number of hydrogen-bond acceptors (Lipinski definition) is 4. The number of fused-ring (bicyclic) bond motifs is 1. The third kappa shape index (κ3) is 2.72. The van der Waals surface area contributed by atoms with E-state index in [1.807, 2.05) is 47.0 Å². The van der Waals surface area contributed by atoms with Crippen LogP contribution < -0.4 is 5.32 Å². The largest absolute Gasteiger partial charge is 0.362 e. The SMILES string of the molecule is CC(Nc1cncc(-n2cnc3ccccc32)n1)c1ccccc1. The Hall–Kier alpha value is -3.21. The summed E-state index contributed by atoms with van der Waals surface area (Å²) in [7, 11) is 0. The third-order valence-electron chi connectivity index (χ3n) is 3.99. The van der Waals surface area contributed by atoms with Gasteiger partial charge in [-0.1, -0.05) is 42.5 Å². The lowest BCUT2D eigenvalue weighted by Gasteiger charge is -2.15. The van der Waals surface area contributed by atoms with Gasteiger partial charge >= 0.3 is 0 Å². The molecular formula is C19H17N5. The highest BCUT2D eigenvalue weighted by molar-refractivity contribution is 5.76. The summed E-state index contributed by atoms with van der Waals surface area (Å²) in [5.41, 5.74) is 3.16. The standard InChI is InChI=1S/C19H17N5/c1-14(15-7-3-2-4-8-15)22-18-11-20-12-19(23-18)24-13-21-16-9-5-6-10-17(16)24/h2-14H,1H3,(H,22,23). The quantitative estimate of drug-likeness (QED) is 0.619. The van der Waals surface area contributed by atoms with Gasteiger partial charge in [0.15, 0.2) is 5.82 Å². The maximum atomic E-state index is 4.68. The van der Waals surface area contributed by atoms with Crippen LogP contribution in [0.4, 0.5) is 5.82 Å². The van der Waals surface area contributed by atoms with Crippen LogP contribution in [0, 0.1) is 0 Å². The van der Waals surface area contributed by atoms with Crippen LogP contribution in [0.1, 0.15) is 18.5 Å². The summed E-state index contributed by atoms with van der Waals surface area (Å²) >= 11 is 0. The van der Waals surface area contributed by atoms with Gasteiger partial charge in [-0.15, -0.1) is 0 Å². The van der Waals surface area contributed by atoms with Gasteiger partial charge in [0.25, 0.3) is 0 Å². The van der Waals surface area contributed by atoms with E-state index < -0.39 is 0 Å². The topological polar surface area (TPSA) is 55.6 Å². The lowest BCUT2D eigenvalue weighted by atomic mass is 10.1. The first-order valence-corrected chi connectivity index (χ1v) is 7.87. The number of aromatic nitrogens is 4. The van der Waals surface area contributed by atoms with Gasteiger partial charge in [-0.3, -0.25) is 9.55 Å². The molecular weight excluding hydrogens is 298 g/mol. The summed E-state index contributed by atoms with van der Waals surface area (Å²) in [4.78, 5) is 13.4. The zero-order chi connectivity index (χ0) is 16.4. The summed E-state index contributed by atoms with van der Waals surface area (Å²) in [5, 5.41) is 3.40. The van der Waals surface area contributed by atoms with Gasteiger partial charge in [0, 0.05) is 6.04 Å². The van der Waals surface area contributed by atoms with Crippen molar-refractivity contribution < 1.29 is 0 Å². The predicted molar refractivity (Wildman–Crippen MR) is 95.1 cm³/mol. The third-order valence-corrected chi connectivity index (χ3v) is 3.99. The molecule has 0 radical (unpaired) electrons. The molecule has 0 spiro atoms. The number of nitrogens with zero attached hydrogens (tertiary/aromatic N) is 4. The number of hydrogen-bond donors (Lipinski definition) is 1. The Balaban J connectivity index is 1.64. The maximum Gasteiger partial charge on any atom is 0.159 e. The molecule has 0 fully saturated rings. The minimum Gasteiger partial charge on any atom is -0.362 e. The molecule has 4 aromatic rings. The predicted octanol–water partition coefficient (Wildman–Crippen LogP) is 3.99. The highest BCUT2D eigenvalue weighted by atomic mass is 15.2. The molecule has 4 rings (SSSR count). The molecule has 118 valence electrons. The van der Waals surface area contributed by atoms with Crippen molar-refractivity contribution in [1.29, 1.82) is 0 Å². The van der Waals surface area contributed by atoms with E-state index in [0.717, 1.165) is 22.7 Å². The lowest BCUT2D eigenvalue weighted by Crippen LogP contribution is -2.09. The van der Waals surface area contributed by atoms with Crippen LogP contribution in [0.2, 0.25) is 0 Å². The summed E-state index contributed by atoms with van der Waals surface area (Å²) in [5.74, 6) is 1.48. The number of benzene rings is 2. The number of rotatable bonds is 4. The van der Waals surface area contributed by atoms with Crippen molar-refractivity contribution >= 4 is 16.9 Å². The summed E-state index contributed by atoms with van der Waals surface area (Å²) in [6.45, 7) is 2.11. The van der Waals surface area contributed by atoms with E-state index in [2.05, 4.69) is 39.3 Å². The minimum atomic E-state index is 0.148. The van der Waals surface area contributed by atoms with Gasteiger partial charge in [-0.2, -0.15) is 0 Å². The van der Waals surface area contributed by atoms with Gasteiger partial charge in [0.2, 0.25) is 0 Å². The Kier molecular flexibility index (Phi) is 3.67. The van der Waals surface area contributed by atoms with Crippen LogP contribution in [0.15, 0.2) is 73.3 Å². The molecule has 0 aliphatic heterocycles. The van der Waals surface area contributed by atoms with Crippen LogP contribution in [-0.4, -0.2) is 19.5 Å². The molecule has 0 saturated carbocycles. The smallest absolute Gasteiger partial charge is 0.159 e. The van der Waals surface area contributed by atoms with Crippen molar-refractivity contribution in [2.24, 2.45) is 0 Å². The second-order valence-corrected chi connectivity index (χ2v) is 5.64. The first-order chi connectivity index (χ1) is 11.8. The Labute approximate surface area is 140 Å². The van der Waals surface area contributed by atoms with Crippen LogP contribution in [-0.2, 0) is 0 Å². The molecule has 0 saturated heterocycles. The molecule has 0 amide bonds. The molecule has 1 atom stereocenters. The fourth-order valence-corrected chi connectivity index (χ4v) is 2.73. The first-order valence-electron chi connectivity index (χ1n) is 7.87. The second-order valence-electron chi connectivity index (χ2n) is 5.64. The highest BCUT2D eigenvalue weighted by Crippen LogP contribution is 2.20. The Morgan fingerprint density at radius 2 is 1.75 bits per heavy atom. The number of nitrogens with one attached hydrogen (secondary N) is 1. The zero-order valence-corrected chi connectivity index (χ0v) is 13.3. The fourth-order valence-electron chi connectivity index (χ4n) is 2.73. The van der Waals surface area contributed by atoms with Gasteiger partial charge in [-0.25, -0.2) is 9.97 Å². The van der Waals surface area contributed by atoms with Crippen molar-refractivity contribution in [3.05, 3.63) is 78.9 Å². The molecule has 1 N–H and O–H groups in total. The van der Waals surface area contributed by atoms with E-state index in [-0.39, 0.29) is 6.04 Å². The average Bonchev–Trinajstić information content (AvgIpc) is 3.07. The van der Waals surface area contributed by atoms with Crippen LogP contribution in [0.25, 0.3) is 16.9 Å². The average molecular weight is 315 g/mol. The maximum absolute atomic E-state index is 4.68. The zero-order valence-electron chi connectivity index (χ0n) is 13.3. The molecule has 0 bridgehead atoms. The van der Waals surface area contributed by atoms with E-state index in [4.69, 9.17) is 0 Å². The molecule has 0 aliphatic rings. The molecule has 5 nitrogen and oxygen atoms in total. The lowest BCUT2D eigenvalue weighted by molar-refractivity contribution is 0.865. The summed E-state index contributed by atoms with van der Waals surface area (Å²) in [6.07, 6.45) is 5.26. The molecule has 2 heterocycles. The summed E-state index contributed by atoms with van der Waals surface area (Å²) < 4.78 is 1.95. The van der Waals surface area contributed by atoms with Crippen LogP contribution >= 0.6 is 0 Å². The normalized spacial score (nSPS) is 12.2. The van der Waals surface area contributed by atoms with Gasteiger partial charge in [0.05, 0.1) is 23.4 Å². The number of anilines is 1. The van der Waals surface area contributed by atoms with Crippen LogP contribution in [0.5, 0.6) is 0 Å². The number of imidazole rings is 1. The van der Waals surface area contributed by atoms with Crippen molar-refractivity contribution in [3.8, 4) is 5.82 Å². The number of para-hydroxylation sites is 2. The Morgan fingerprint density at radius 3 is 2.62 bits per heavy atom. The van der Waals surface area contributed by atoms with Gasteiger partial charge < -0.3 is 5.32 Å². The highest BCUT2D eigenvalue weighted by Gasteiger charge is 2.09. The van der Waals surface area contributed by atoms with Gasteiger partial charge in [0.1, 0.15) is 12.1 Å². The van der Waals surface area contributed by atoms with E-state index in [9.17, 15) is 0 Å². The minimum absolute atomic E-state index is 0.148. The van der Waals surface area contributed by atoms with Gasteiger partial charge in [-0.05, 0) is 24.6 Å². The summed E-state index contributed by atoms with van der Waals surface area (Å²) in [6, 6.07) is 18.4. The van der Waals surface area contributed by atoms with Crippen molar-refractivity contribution in [3.63, 3.8) is 0 Å². The molecule has 1 unspecified atom stereocenters. The fraction of sp³-hybridized carbons (Fsp3) is 0.105. The Morgan fingerprint density at radius 1 is 0.958 bits per heavy atom. The molecule has 2 aromatic heterocycles. The first kappa shape index (κ1) is 14.4. The molecule has 24 heavy (non-hydrogen) atoms. The Bertz CT molecular complexity index is 962. The molecule has 2 aromatic carbocycles. The second kappa shape index (κ2) is 6.12. The van der Waals surface area contributed by atoms with Crippen molar-refractivity contribution in [2.45, 2.75) is 13.0 Å². The van der Waals surface area contributed by atoms with Crippen molar-refractivity contribution in [2.75, 3.05) is 5.32 Å².